The minimum atomic E-state index is -1.38. The molecule has 224 valence electrons. The lowest BCUT2D eigenvalue weighted by molar-refractivity contribution is -0.136. The molecule has 4 bridgehead atoms. The number of benzene rings is 2. The van der Waals surface area contributed by atoms with Gasteiger partial charge in [-0.1, -0.05) is 38.3 Å². The Bertz CT molecular complexity index is 1680. The minimum Gasteiger partial charge on any atom is -0.348 e. The quantitative estimate of drug-likeness (QED) is 0.400. The average Bonchev–Trinajstić information content (AvgIpc) is 3.69. The average molecular weight is 592 g/mol. The number of rotatable bonds is 4. The second kappa shape index (κ2) is 11.1. The summed E-state index contributed by atoms with van der Waals surface area (Å²) in [5.41, 5.74) is 0.809. The Morgan fingerprint density at radius 1 is 1.12 bits per heavy atom. The normalized spacial score (nSPS) is 23.8. The smallest absolute Gasteiger partial charge is 0.270 e. The molecule has 0 radical (unpaired) electrons. The van der Waals surface area contributed by atoms with Gasteiger partial charge in [-0.3, -0.25) is 14.4 Å². The summed E-state index contributed by atoms with van der Waals surface area (Å²) in [5, 5.41) is 12.8. The Balaban J connectivity index is 1.43. The minimum absolute atomic E-state index is 0.000904. The van der Waals surface area contributed by atoms with E-state index in [1.54, 1.807) is 0 Å². The summed E-state index contributed by atoms with van der Waals surface area (Å²) in [6.07, 6.45) is 4.63. The molecule has 3 aromatic rings. The number of aryl methyl sites for hydroxylation is 1. The van der Waals surface area contributed by atoms with Crippen molar-refractivity contribution in [3.63, 3.8) is 0 Å². The number of aromatic nitrogens is 1. The van der Waals surface area contributed by atoms with E-state index in [0.717, 1.165) is 42.9 Å². The first-order valence-corrected chi connectivity index (χ1v) is 14.8. The molecule has 1 saturated heterocycles. The van der Waals surface area contributed by atoms with Gasteiger partial charge in [0.25, 0.3) is 5.91 Å². The highest BCUT2D eigenvalue weighted by molar-refractivity contribution is 6.08. The number of H-pyrrole nitrogens is 1. The summed E-state index contributed by atoms with van der Waals surface area (Å²) < 4.78 is 43.0. The molecule has 1 aromatic heterocycles. The van der Waals surface area contributed by atoms with Crippen LogP contribution < -0.4 is 5.32 Å². The molecule has 43 heavy (non-hydrogen) atoms. The van der Waals surface area contributed by atoms with Crippen molar-refractivity contribution in [1.29, 1.82) is 5.26 Å². The van der Waals surface area contributed by atoms with Gasteiger partial charge in [0, 0.05) is 36.7 Å². The van der Waals surface area contributed by atoms with E-state index in [9.17, 15) is 32.8 Å². The van der Waals surface area contributed by atoms with E-state index in [2.05, 4.69) is 16.4 Å². The van der Waals surface area contributed by atoms with Crippen LogP contribution in [0.25, 0.3) is 10.9 Å². The molecule has 3 atom stereocenters. The van der Waals surface area contributed by atoms with Crippen LogP contribution >= 0.6 is 0 Å². The van der Waals surface area contributed by atoms with Crippen LogP contribution in [0.3, 0.4) is 0 Å². The fraction of sp³-hybridized carbons (Fsp3) is 0.438. The van der Waals surface area contributed by atoms with Gasteiger partial charge in [-0.05, 0) is 48.9 Å². The Morgan fingerprint density at radius 2 is 1.93 bits per heavy atom. The van der Waals surface area contributed by atoms with Crippen LogP contribution in [0.15, 0.2) is 30.3 Å². The molecule has 3 aliphatic rings. The zero-order valence-corrected chi connectivity index (χ0v) is 23.8. The lowest BCUT2D eigenvalue weighted by Gasteiger charge is -2.35. The summed E-state index contributed by atoms with van der Waals surface area (Å²) in [6.45, 7) is 2.14. The Kier molecular flexibility index (Phi) is 7.40. The number of nitrogens with one attached hydrogen (secondary N) is 2. The van der Waals surface area contributed by atoms with Crippen LogP contribution in [0.1, 0.15) is 73.5 Å². The maximum absolute atomic E-state index is 14.5. The van der Waals surface area contributed by atoms with E-state index >= 15 is 0 Å². The van der Waals surface area contributed by atoms with E-state index in [-0.39, 0.29) is 36.5 Å². The number of aromatic amines is 1. The number of amides is 3. The number of fused-ring (bicyclic) bond motifs is 3. The lowest BCUT2D eigenvalue weighted by Crippen LogP contribution is -2.53. The number of carbonyl (C=O) groups excluding carboxylic acids is 3. The van der Waals surface area contributed by atoms with E-state index in [1.807, 2.05) is 25.1 Å². The van der Waals surface area contributed by atoms with Crippen molar-refractivity contribution in [3.05, 3.63) is 64.6 Å². The molecule has 4 heterocycles. The van der Waals surface area contributed by atoms with E-state index < -0.39 is 52.3 Å². The molecule has 2 aromatic carbocycles. The summed E-state index contributed by atoms with van der Waals surface area (Å²) in [4.78, 5) is 47.3. The standard InChI is InChI=1S/C32H32F3N5O3/c1-2-3-8-26-30(42)40-17-32(15-19(40)16-36)21-12-18(9-10-24(21)38-31(32)43)7-5-4-6-11-39(26)29(41)25-13-20-22(33)14-23(34)27(35)28(20)37-25/h9-10,12-14,19,26,37H,2-8,11,15,17H2,1H3,(H,38,43)/t19-,26-,32-/m0/s1. The number of nitrogens with zero attached hydrogens (tertiary/aromatic N) is 3. The predicted molar refractivity (Wildman–Crippen MR) is 153 cm³/mol. The Hall–Kier alpha value is -4.33. The first-order valence-electron chi connectivity index (χ1n) is 14.8. The van der Waals surface area contributed by atoms with Crippen molar-refractivity contribution in [2.24, 2.45) is 0 Å². The number of hydrogen-bond acceptors (Lipinski definition) is 4. The molecule has 0 unspecified atom stereocenters. The third kappa shape index (κ3) is 4.73. The fourth-order valence-corrected chi connectivity index (χ4v) is 6.87. The molecule has 1 fully saturated rings. The molecular weight excluding hydrogens is 559 g/mol. The molecule has 8 nitrogen and oxygen atoms in total. The summed E-state index contributed by atoms with van der Waals surface area (Å²) in [7, 11) is 0. The number of anilines is 1. The SMILES string of the molecule is CCCC[C@H]1C(=O)N2C[C@]3(C[C@H]2C#N)C(=O)Nc2ccc(cc23)CCCCCN1C(=O)c1cc2c(F)cc(F)c(F)c2[nH]1. The van der Waals surface area contributed by atoms with Crippen LogP contribution in [0.4, 0.5) is 18.9 Å². The van der Waals surface area contributed by atoms with Gasteiger partial charge in [0.05, 0.1) is 17.0 Å². The molecule has 6 rings (SSSR count). The maximum atomic E-state index is 14.5. The molecule has 2 N–H and O–H groups in total. The van der Waals surface area contributed by atoms with Gasteiger partial charge in [-0.15, -0.1) is 0 Å². The van der Waals surface area contributed by atoms with Gasteiger partial charge in [0.1, 0.15) is 23.6 Å². The lowest BCUT2D eigenvalue weighted by atomic mass is 9.79. The van der Waals surface area contributed by atoms with Crippen molar-refractivity contribution in [2.45, 2.75) is 75.8 Å². The van der Waals surface area contributed by atoms with Crippen LogP contribution in [0, 0.1) is 28.8 Å². The zero-order chi connectivity index (χ0) is 30.5. The van der Waals surface area contributed by atoms with Gasteiger partial charge < -0.3 is 20.1 Å². The first kappa shape index (κ1) is 28.8. The van der Waals surface area contributed by atoms with E-state index in [1.165, 1.54) is 9.80 Å². The largest absolute Gasteiger partial charge is 0.348 e. The molecule has 0 saturated carbocycles. The van der Waals surface area contributed by atoms with Crippen molar-refractivity contribution in [1.82, 2.24) is 14.8 Å². The predicted octanol–water partition coefficient (Wildman–Crippen LogP) is 5.33. The molecule has 11 heteroatoms. The Labute approximate surface area is 246 Å². The highest BCUT2D eigenvalue weighted by atomic mass is 19.2. The van der Waals surface area contributed by atoms with Crippen molar-refractivity contribution in [2.75, 3.05) is 18.4 Å². The number of halogens is 3. The van der Waals surface area contributed by atoms with E-state index in [0.29, 0.717) is 31.0 Å². The first-order chi connectivity index (χ1) is 20.7. The van der Waals surface area contributed by atoms with Gasteiger partial charge in [0.2, 0.25) is 11.8 Å². The topological polar surface area (TPSA) is 109 Å². The van der Waals surface area contributed by atoms with Crippen molar-refractivity contribution >= 4 is 34.3 Å². The van der Waals surface area contributed by atoms with Crippen LogP contribution in [0.2, 0.25) is 0 Å². The highest BCUT2D eigenvalue weighted by Crippen LogP contribution is 2.47. The number of carbonyl (C=O) groups is 3. The second-order valence-electron chi connectivity index (χ2n) is 11.8. The summed E-state index contributed by atoms with van der Waals surface area (Å²) >= 11 is 0. The van der Waals surface area contributed by atoms with Crippen molar-refractivity contribution in [3.8, 4) is 6.07 Å². The van der Waals surface area contributed by atoms with Gasteiger partial charge in [0.15, 0.2) is 11.6 Å². The summed E-state index contributed by atoms with van der Waals surface area (Å²) in [6, 6.07) is 7.79. The van der Waals surface area contributed by atoms with Crippen LogP contribution in [-0.2, 0) is 21.4 Å². The number of hydrogen-bond donors (Lipinski definition) is 2. The zero-order valence-electron chi connectivity index (χ0n) is 23.8. The van der Waals surface area contributed by atoms with E-state index in [4.69, 9.17) is 0 Å². The maximum Gasteiger partial charge on any atom is 0.270 e. The molecule has 0 aliphatic carbocycles. The van der Waals surface area contributed by atoms with Crippen molar-refractivity contribution < 1.29 is 27.6 Å². The number of nitriles is 1. The third-order valence-electron chi connectivity index (χ3n) is 9.18. The molecule has 3 aliphatic heterocycles. The van der Waals surface area contributed by atoms with Crippen LogP contribution in [-0.4, -0.2) is 57.7 Å². The molecule has 3 amide bonds. The monoisotopic (exact) mass is 591 g/mol. The Morgan fingerprint density at radius 3 is 2.70 bits per heavy atom. The van der Waals surface area contributed by atoms with Crippen LogP contribution in [0.5, 0.6) is 0 Å². The number of unbranched alkanes of at least 4 members (excludes halogenated alkanes) is 1. The fourth-order valence-electron chi connectivity index (χ4n) is 6.87. The third-order valence-corrected chi connectivity index (χ3v) is 9.18. The second-order valence-corrected chi connectivity index (χ2v) is 11.8. The van der Waals surface area contributed by atoms with Gasteiger partial charge in [-0.25, -0.2) is 13.2 Å². The van der Waals surface area contributed by atoms with Gasteiger partial charge >= 0.3 is 0 Å². The molecule has 1 spiro atoms. The molecular formula is C32H32F3N5O3. The summed E-state index contributed by atoms with van der Waals surface area (Å²) in [5.74, 6) is -5.04. The van der Waals surface area contributed by atoms with Gasteiger partial charge in [-0.2, -0.15) is 5.26 Å². The highest BCUT2D eigenvalue weighted by Gasteiger charge is 2.57.